The average molecular weight is 206 g/mol. The third-order valence-electron chi connectivity index (χ3n) is 3.40. The maximum absolute atomic E-state index is 12.3. The fraction of sp³-hybridized carbons (Fsp3) is 0.900. The van der Waals surface area contributed by atoms with Crippen molar-refractivity contribution in [3.63, 3.8) is 0 Å². The van der Waals surface area contributed by atoms with Gasteiger partial charge in [-0.3, -0.25) is 4.79 Å². The summed E-state index contributed by atoms with van der Waals surface area (Å²) in [6.07, 6.45) is -0.161. The first-order chi connectivity index (χ1) is 6.49. The van der Waals surface area contributed by atoms with E-state index in [1.54, 1.807) is 6.92 Å². The summed E-state index contributed by atoms with van der Waals surface area (Å²) >= 11 is 0. The van der Waals surface area contributed by atoms with Crippen LogP contribution in [0.2, 0.25) is 0 Å². The molecule has 2 nitrogen and oxygen atoms in total. The number of halogens is 2. The highest BCUT2D eigenvalue weighted by atomic mass is 19.3. The minimum atomic E-state index is -2.52. The molecule has 0 aromatic rings. The van der Waals surface area contributed by atoms with E-state index in [0.717, 1.165) is 19.3 Å². The van der Waals surface area contributed by atoms with Gasteiger partial charge in [0.2, 0.25) is 6.43 Å². The van der Waals surface area contributed by atoms with Crippen molar-refractivity contribution in [3.8, 4) is 0 Å². The molecule has 1 saturated carbocycles. The summed E-state index contributed by atoms with van der Waals surface area (Å²) in [7, 11) is 0. The van der Waals surface area contributed by atoms with Crippen LogP contribution in [0.5, 0.6) is 0 Å². The summed E-state index contributed by atoms with van der Waals surface area (Å²) in [6, 6.07) is 0. The van der Waals surface area contributed by atoms with Crippen LogP contribution in [0.25, 0.3) is 0 Å². The zero-order valence-corrected chi connectivity index (χ0v) is 8.30. The van der Waals surface area contributed by atoms with Crippen molar-refractivity contribution in [1.82, 2.24) is 0 Å². The van der Waals surface area contributed by atoms with Crippen LogP contribution in [-0.2, 0) is 4.79 Å². The largest absolute Gasteiger partial charge is 0.481 e. The summed E-state index contributed by atoms with van der Waals surface area (Å²) in [5.74, 6) is -1.19. The zero-order valence-electron chi connectivity index (χ0n) is 8.30. The van der Waals surface area contributed by atoms with Gasteiger partial charge in [-0.1, -0.05) is 19.8 Å². The van der Waals surface area contributed by atoms with Gasteiger partial charge in [-0.2, -0.15) is 0 Å². The maximum Gasteiger partial charge on any atom is 0.310 e. The Kier molecular flexibility index (Phi) is 3.45. The molecule has 0 heterocycles. The minimum absolute atomic E-state index is 0.136. The first kappa shape index (κ1) is 11.4. The van der Waals surface area contributed by atoms with Gasteiger partial charge in [-0.05, 0) is 18.8 Å². The molecule has 0 aromatic heterocycles. The number of carboxylic acid groups (broad SMARTS) is 1. The van der Waals surface area contributed by atoms with Gasteiger partial charge in [0.05, 0.1) is 5.41 Å². The van der Waals surface area contributed by atoms with Crippen LogP contribution in [0.15, 0.2) is 0 Å². The van der Waals surface area contributed by atoms with E-state index in [2.05, 4.69) is 0 Å². The molecular formula is C10H16F2O2. The third-order valence-corrected chi connectivity index (χ3v) is 3.40. The van der Waals surface area contributed by atoms with E-state index in [9.17, 15) is 13.6 Å². The third kappa shape index (κ3) is 2.04. The summed E-state index contributed by atoms with van der Waals surface area (Å²) in [4.78, 5) is 11.1. The van der Waals surface area contributed by atoms with Crippen molar-refractivity contribution < 1.29 is 18.7 Å². The van der Waals surface area contributed by atoms with Gasteiger partial charge in [0.15, 0.2) is 0 Å². The number of rotatable bonds is 3. The van der Waals surface area contributed by atoms with E-state index >= 15 is 0 Å². The summed E-state index contributed by atoms with van der Waals surface area (Å²) in [5.41, 5.74) is -1.17. The molecule has 4 heteroatoms. The van der Waals surface area contributed by atoms with Crippen LogP contribution in [0, 0.1) is 11.3 Å². The molecule has 1 aliphatic rings. The highest BCUT2D eigenvalue weighted by Gasteiger charge is 2.46. The predicted molar refractivity (Wildman–Crippen MR) is 48.3 cm³/mol. The highest BCUT2D eigenvalue weighted by Crippen LogP contribution is 2.45. The molecule has 2 unspecified atom stereocenters. The maximum atomic E-state index is 12.3. The first-order valence-electron chi connectivity index (χ1n) is 5.00. The molecule has 0 spiro atoms. The molecule has 1 N–H and O–H groups in total. The Morgan fingerprint density at radius 3 is 2.64 bits per heavy atom. The molecule has 0 amide bonds. The lowest BCUT2D eigenvalue weighted by Gasteiger charge is -2.38. The van der Waals surface area contributed by atoms with Crippen LogP contribution in [0.4, 0.5) is 8.78 Å². The van der Waals surface area contributed by atoms with Crippen molar-refractivity contribution in [2.24, 2.45) is 11.3 Å². The number of hydrogen-bond donors (Lipinski definition) is 1. The average Bonchev–Trinajstić information content (AvgIpc) is 2.08. The van der Waals surface area contributed by atoms with Gasteiger partial charge in [-0.15, -0.1) is 0 Å². The van der Waals surface area contributed by atoms with Crippen LogP contribution in [0.3, 0.4) is 0 Å². The first-order valence-corrected chi connectivity index (χ1v) is 5.00. The highest BCUT2D eigenvalue weighted by molar-refractivity contribution is 5.75. The van der Waals surface area contributed by atoms with Gasteiger partial charge in [-0.25, -0.2) is 8.78 Å². The molecule has 1 aliphatic carbocycles. The Balaban J connectivity index is 2.83. The molecule has 0 saturated heterocycles. The van der Waals surface area contributed by atoms with Gasteiger partial charge in [0.25, 0.3) is 0 Å². The second-order valence-corrected chi connectivity index (χ2v) is 4.20. The van der Waals surface area contributed by atoms with Crippen molar-refractivity contribution >= 4 is 5.97 Å². The second-order valence-electron chi connectivity index (χ2n) is 4.20. The number of alkyl halides is 2. The molecular weight excluding hydrogens is 190 g/mol. The predicted octanol–water partition coefficient (Wildman–Crippen LogP) is 2.92. The number of hydrogen-bond acceptors (Lipinski definition) is 1. The van der Waals surface area contributed by atoms with Crippen LogP contribution < -0.4 is 0 Å². The van der Waals surface area contributed by atoms with Crippen molar-refractivity contribution in [2.75, 3.05) is 0 Å². The van der Waals surface area contributed by atoms with Crippen LogP contribution >= 0.6 is 0 Å². The van der Waals surface area contributed by atoms with Gasteiger partial charge in [0, 0.05) is 6.42 Å². The Bertz CT molecular complexity index is 218. The van der Waals surface area contributed by atoms with Crippen molar-refractivity contribution in [3.05, 3.63) is 0 Å². The molecule has 0 bridgehead atoms. The van der Waals surface area contributed by atoms with E-state index in [1.807, 2.05) is 0 Å². The quantitative estimate of drug-likeness (QED) is 0.770. The van der Waals surface area contributed by atoms with Crippen molar-refractivity contribution in [1.29, 1.82) is 0 Å². The Labute approximate surface area is 82.3 Å². The molecule has 0 aromatic carbocycles. The Hall–Kier alpha value is -0.670. The molecule has 0 aliphatic heterocycles. The second kappa shape index (κ2) is 4.24. The topological polar surface area (TPSA) is 37.3 Å². The van der Waals surface area contributed by atoms with Gasteiger partial charge < -0.3 is 5.11 Å². The van der Waals surface area contributed by atoms with Gasteiger partial charge >= 0.3 is 5.97 Å². The standard InChI is InChI=1S/C10H16F2O2/c1-7-4-2-3-5-10(7,9(13)14)6-8(11)12/h7-8H,2-6H2,1H3,(H,13,14). The van der Waals surface area contributed by atoms with Gasteiger partial charge in [0.1, 0.15) is 0 Å². The number of carbonyl (C=O) groups is 1. The Morgan fingerprint density at radius 2 is 2.21 bits per heavy atom. The van der Waals surface area contributed by atoms with Crippen LogP contribution in [-0.4, -0.2) is 17.5 Å². The lowest BCUT2D eigenvalue weighted by atomic mass is 9.65. The fourth-order valence-corrected chi connectivity index (χ4v) is 2.40. The molecule has 0 radical (unpaired) electrons. The van der Waals surface area contributed by atoms with E-state index < -0.39 is 24.2 Å². The Morgan fingerprint density at radius 1 is 1.57 bits per heavy atom. The molecule has 2 atom stereocenters. The van der Waals surface area contributed by atoms with E-state index in [-0.39, 0.29) is 5.92 Å². The van der Waals surface area contributed by atoms with Crippen LogP contribution in [0.1, 0.15) is 39.0 Å². The summed E-state index contributed by atoms with van der Waals surface area (Å²) in [5, 5.41) is 9.07. The normalized spacial score (nSPS) is 33.3. The number of carboxylic acids is 1. The lowest BCUT2D eigenvalue weighted by Crippen LogP contribution is -2.41. The molecule has 1 rings (SSSR count). The minimum Gasteiger partial charge on any atom is -0.481 e. The number of aliphatic carboxylic acids is 1. The summed E-state index contributed by atoms with van der Waals surface area (Å²) in [6.45, 7) is 1.77. The summed E-state index contributed by atoms with van der Waals surface area (Å²) < 4.78 is 24.7. The van der Waals surface area contributed by atoms with Crippen molar-refractivity contribution in [2.45, 2.75) is 45.5 Å². The van der Waals surface area contributed by atoms with E-state index in [1.165, 1.54) is 0 Å². The smallest absolute Gasteiger partial charge is 0.310 e. The lowest BCUT2D eigenvalue weighted by molar-refractivity contribution is -0.158. The molecule has 14 heavy (non-hydrogen) atoms. The van der Waals surface area contributed by atoms with E-state index in [0.29, 0.717) is 6.42 Å². The molecule has 82 valence electrons. The SMILES string of the molecule is CC1CCCCC1(CC(F)F)C(=O)O. The zero-order chi connectivity index (χ0) is 10.8. The van der Waals surface area contributed by atoms with E-state index in [4.69, 9.17) is 5.11 Å². The fourth-order valence-electron chi connectivity index (χ4n) is 2.40. The molecule has 1 fully saturated rings. The monoisotopic (exact) mass is 206 g/mol.